The van der Waals surface area contributed by atoms with Gasteiger partial charge in [-0.05, 0) is 160 Å². The molecule has 4 fully saturated rings. The Hall–Kier alpha value is -3.51. The number of phenolic OH excluding ortho intramolecular Hbond substituents is 1. The zero-order valence-corrected chi connectivity index (χ0v) is 33.2. The van der Waals surface area contributed by atoms with Crippen LogP contribution in [0.25, 0.3) is 0 Å². The van der Waals surface area contributed by atoms with Gasteiger partial charge >= 0.3 is 5.97 Å². The van der Waals surface area contributed by atoms with Gasteiger partial charge in [0.2, 0.25) is 0 Å². The average Bonchev–Trinajstić information content (AvgIpc) is 3.16. The van der Waals surface area contributed by atoms with E-state index in [9.17, 15) is 4.79 Å². The molecule has 7 rings (SSSR count). The number of carbonyl (C=O) groups excluding carboxylic acids is 1. The summed E-state index contributed by atoms with van der Waals surface area (Å²) in [6, 6.07) is 23.8. The lowest BCUT2D eigenvalue weighted by Crippen LogP contribution is -2.58. The molecular formula is C46H66O6. The van der Waals surface area contributed by atoms with Gasteiger partial charge in [0.1, 0.15) is 22.8 Å². The number of hydrogen-bond acceptors (Lipinski definition) is 6. The zero-order valence-electron chi connectivity index (χ0n) is 33.2. The number of phenols is 1. The lowest BCUT2D eigenvalue weighted by atomic mass is 9.50. The fourth-order valence-corrected chi connectivity index (χ4v) is 8.19. The molecule has 3 unspecified atom stereocenters. The first-order chi connectivity index (χ1) is 25.0. The highest BCUT2D eigenvalue weighted by Crippen LogP contribution is 2.59. The molecule has 4 aliphatic carbocycles. The third-order valence-electron chi connectivity index (χ3n) is 12.2. The van der Waals surface area contributed by atoms with Gasteiger partial charge in [0.15, 0.2) is 13.4 Å². The zero-order chi connectivity index (χ0) is 37.7. The Kier molecular flexibility index (Phi) is 15.9. The number of aromatic hydroxyl groups is 1. The molecule has 4 saturated carbocycles. The lowest BCUT2D eigenvalue weighted by Gasteiger charge is -2.59. The summed E-state index contributed by atoms with van der Waals surface area (Å²) < 4.78 is 22.3. The van der Waals surface area contributed by atoms with Crippen molar-refractivity contribution in [3.8, 4) is 17.2 Å². The van der Waals surface area contributed by atoms with Crippen LogP contribution in [0.2, 0.25) is 0 Å². The van der Waals surface area contributed by atoms with Crippen LogP contribution < -0.4 is 9.47 Å². The normalized spacial score (nSPS) is 24.3. The Morgan fingerprint density at radius 2 is 1.06 bits per heavy atom. The van der Waals surface area contributed by atoms with E-state index in [1.54, 1.807) is 12.1 Å². The molecule has 0 spiro atoms. The molecule has 0 radical (unpaired) electrons. The fraction of sp³-hybridized carbons (Fsp3) is 0.587. The second kappa shape index (κ2) is 20.1. The van der Waals surface area contributed by atoms with Gasteiger partial charge in [-0.15, -0.1) is 0 Å². The summed E-state index contributed by atoms with van der Waals surface area (Å²) in [4.78, 5) is 12.5. The van der Waals surface area contributed by atoms with Gasteiger partial charge in [-0.1, -0.05) is 77.9 Å². The largest absolute Gasteiger partial charge is 0.508 e. The van der Waals surface area contributed by atoms with Crippen molar-refractivity contribution in [3.05, 3.63) is 89.5 Å². The molecule has 0 aromatic heterocycles. The van der Waals surface area contributed by atoms with Crippen molar-refractivity contribution < 1.29 is 28.8 Å². The molecule has 3 atom stereocenters. The predicted molar refractivity (Wildman–Crippen MR) is 211 cm³/mol. The molecule has 52 heavy (non-hydrogen) atoms. The van der Waals surface area contributed by atoms with E-state index in [1.165, 1.54) is 55.2 Å². The van der Waals surface area contributed by atoms with Crippen LogP contribution in [0, 0.1) is 23.7 Å². The van der Waals surface area contributed by atoms with Gasteiger partial charge in [-0.2, -0.15) is 0 Å². The van der Waals surface area contributed by atoms with Gasteiger partial charge in [0, 0.05) is 6.61 Å². The van der Waals surface area contributed by atoms with Crippen LogP contribution in [0.4, 0.5) is 0 Å². The Morgan fingerprint density at radius 1 is 0.654 bits per heavy atom. The van der Waals surface area contributed by atoms with Crippen LogP contribution >= 0.6 is 0 Å². The third-order valence-corrected chi connectivity index (χ3v) is 12.2. The topological polar surface area (TPSA) is 74.2 Å². The number of ether oxygens (including phenoxy) is 4. The minimum absolute atomic E-state index is 0.00453. The van der Waals surface area contributed by atoms with Gasteiger partial charge < -0.3 is 24.1 Å². The van der Waals surface area contributed by atoms with Crippen LogP contribution in [0.3, 0.4) is 0 Å². The SMILES string of the molecule is CCC(C)c1ccc(O)cc1.CCC(C)c1ccc(OCC(=O)OC2(C)C3CC4CC(C3)CC2C4)cc1.CCOCOc1ccc(C(C)CC)cc1. The summed E-state index contributed by atoms with van der Waals surface area (Å²) in [5.74, 6) is 6.36. The van der Waals surface area contributed by atoms with Crippen LogP contribution in [0.15, 0.2) is 72.8 Å². The summed E-state index contributed by atoms with van der Waals surface area (Å²) in [5, 5.41) is 9.01. The van der Waals surface area contributed by atoms with Gasteiger partial charge in [0.25, 0.3) is 0 Å². The monoisotopic (exact) mass is 714 g/mol. The van der Waals surface area contributed by atoms with Crippen molar-refractivity contribution in [1.82, 2.24) is 0 Å². The number of carbonyl (C=O) groups is 1. The molecule has 1 N–H and O–H groups in total. The summed E-state index contributed by atoms with van der Waals surface area (Å²) in [6.07, 6.45) is 9.82. The minimum atomic E-state index is -0.270. The maximum Gasteiger partial charge on any atom is 0.344 e. The number of hydrogen-bond donors (Lipinski definition) is 1. The first-order valence-electron chi connectivity index (χ1n) is 20.0. The first-order valence-corrected chi connectivity index (χ1v) is 20.0. The van der Waals surface area contributed by atoms with Crippen LogP contribution in [0.1, 0.15) is 141 Å². The summed E-state index contributed by atoms with van der Waals surface area (Å²) in [7, 11) is 0. The second-order valence-corrected chi connectivity index (χ2v) is 15.7. The van der Waals surface area contributed by atoms with Gasteiger partial charge in [-0.3, -0.25) is 0 Å². The van der Waals surface area contributed by atoms with E-state index in [2.05, 4.69) is 72.7 Å². The molecule has 6 heteroatoms. The van der Waals surface area contributed by atoms with E-state index in [0.717, 1.165) is 36.2 Å². The molecule has 4 bridgehead atoms. The minimum Gasteiger partial charge on any atom is -0.508 e. The Labute approximate surface area is 314 Å². The van der Waals surface area contributed by atoms with Crippen molar-refractivity contribution in [2.45, 2.75) is 130 Å². The van der Waals surface area contributed by atoms with Gasteiger partial charge in [-0.25, -0.2) is 4.79 Å². The molecule has 6 nitrogen and oxygen atoms in total. The average molecular weight is 715 g/mol. The second-order valence-electron chi connectivity index (χ2n) is 15.7. The highest BCUT2D eigenvalue weighted by atomic mass is 16.7. The Morgan fingerprint density at radius 3 is 1.46 bits per heavy atom. The van der Waals surface area contributed by atoms with Crippen molar-refractivity contribution in [1.29, 1.82) is 0 Å². The van der Waals surface area contributed by atoms with Crippen LogP contribution in [-0.2, 0) is 14.3 Å². The third kappa shape index (κ3) is 11.5. The molecular weight excluding hydrogens is 649 g/mol. The molecule has 0 amide bonds. The van der Waals surface area contributed by atoms with E-state index in [0.29, 0.717) is 48.7 Å². The standard InChI is InChI=1S/C23H32O3.C13H20O2.C10H14O/c1-4-15(2)18-5-7-21(8-6-18)25-14-22(24)26-23(3)19-10-16-9-17(12-19)13-20(23)11-16;1-4-11(3)12-6-8-13(9-7-12)15-10-14-5-2;1-3-8(2)9-4-6-10(11)7-5-9/h5-8,15-17,19-20H,4,9-14H2,1-3H3;6-9,11H,4-5,10H2,1-3H3;4-8,11H,3H2,1-2H3. The number of rotatable bonds is 14. The number of benzene rings is 3. The maximum atomic E-state index is 12.5. The Balaban J connectivity index is 0.000000197. The highest BCUT2D eigenvalue weighted by molar-refractivity contribution is 5.71. The summed E-state index contributed by atoms with van der Waals surface area (Å²) >= 11 is 0. The van der Waals surface area contributed by atoms with Crippen LogP contribution in [0.5, 0.6) is 17.2 Å². The van der Waals surface area contributed by atoms with Gasteiger partial charge in [0.05, 0.1) is 0 Å². The van der Waals surface area contributed by atoms with Crippen molar-refractivity contribution >= 4 is 5.97 Å². The molecule has 3 aromatic carbocycles. The molecule has 286 valence electrons. The molecule has 4 aliphatic rings. The quantitative estimate of drug-likeness (QED) is 0.102. The maximum absolute atomic E-state index is 12.5. The highest BCUT2D eigenvalue weighted by Gasteiger charge is 2.57. The van der Waals surface area contributed by atoms with E-state index in [1.807, 2.05) is 43.3 Å². The molecule has 0 heterocycles. The van der Waals surface area contributed by atoms with E-state index in [4.69, 9.17) is 24.1 Å². The Bertz CT molecular complexity index is 1440. The predicted octanol–water partition coefficient (Wildman–Crippen LogP) is 11.8. The fourth-order valence-electron chi connectivity index (χ4n) is 8.19. The molecule has 3 aromatic rings. The molecule has 0 saturated heterocycles. The van der Waals surface area contributed by atoms with Crippen molar-refractivity contribution in [3.63, 3.8) is 0 Å². The van der Waals surface area contributed by atoms with E-state index >= 15 is 0 Å². The first kappa shape index (κ1) is 41.2. The number of esters is 1. The smallest absolute Gasteiger partial charge is 0.344 e. The molecule has 0 aliphatic heterocycles. The lowest BCUT2D eigenvalue weighted by molar-refractivity contribution is -0.204. The van der Waals surface area contributed by atoms with Crippen molar-refractivity contribution in [2.24, 2.45) is 23.7 Å². The summed E-state index contributed by atoms with van der Waals surface area (Å²) in [5.41, 5.74) is 3.70. The van der Waals surface area contributed by atoms with E-state index in [-0.39, 0.29) is 18.2 Å². The van der Waals surface area contributed by atoms with Crippen molar-refractivity contribution in [2.75, 3.05) is 20.0 Å². The van der Waals surface area contributed by atoms with Crippen LogP contribution in [-0.4, -0.2) is 36.7 Å². The summed E-state index contributed by atoms with van der Waals surface area (Å²) in [6.45, 7) is 18.3. The van der Waals surface area contributed by atoms with E-state index < -0.39 is 0 Å².